The van der Waals surface area contributed by atoms with E-state index in [-0.39, 0.29) is 43.5 Å². The third-order valence-electron chi connectivity index (χ3n) is 8.08. The highest BCUT2D eigenvalue weighted by Gasteiger charge is 2.35. The fraction of sp³-hybridized carbons (Fsp3) is 0.469. The Hall–Kier alpha value is -3.92. The molecule has 15 heteroatoms. The number of nitrogens with one attached hydrogen (secondary N) is 2. The fourth-order valence-electron chi connectivity index (χ4n) is 5.87. The van der Waals surface area contributed by atoms with Crippen LogP contribution in [0.1, 0.15) is 60.3 Å². The van der Waals surface area contributed by atoms with E-state index in [2.05, 4.69) is 20.6 Å². The lowest BCUT2D eigenvalue weighted by molar-refractivity contribution is 0.102. The van der Waals surface area contributed by atoms with E-state index < -0.39 is 38.6 Å². The van der Waals surface area contributed by atoms with Crippen LogP contribution in [0.3, 0.4) is 0 Å². The molecule has 1 amide bonds. The molecule has 0 spiro atoms. The van der Waals surface area contributed by atoms with Crippen LogP contribution in [0.4, 0.5) is 25.1 Å². The smallest absolute Gasteiger partial charge is 0.435 e. The average molecular weight is 675 g/mol. The van der Waals surface area contributed by atoms with Crippen molar-refractivity contribution in [3.63, 3.8) is 0 Å². The lowest BCUT2D eigenvalue weighted by atomic mass is 10.1. The van der Waals surface area contributed by atoms with Gasteiger partial charge in [-0.1, -0.05) is 13.0 Å². The van der Waals surface area contributed by atoms with Crippen LogP contribution in [-0.4, -0.2) is 85.4 Å². The van der Waals surface area contributed by atoms with Crippen LogP contribution in [0.15, 0.2) is 41.3 Å². The summed E-state index contributed by atoms with van der Waals surface area (Å²) in [5.41, 5.74) is 2.56. The molecule has 2 aromatic carbocycles. The first-order valence-corrected chi connectivity index (χ1v) is 17.1. The lowest BCUT2D eigenvalue weighted by Crippen LogP contribution is -2.37. The summed E-state index contributed by atoms with van der Waals surface area (Å²) < 4.78 is 67.5. The van der Waals surface area contributed by atoms with Gasteiger partial charge in [0.1, 0.15) is 11.6 Å². The van der Waals surface area contributed by atoms with E-state index in [0.29, 0.717) is 36.0 Å². The standard InChI is InChI=1S/C32H40F2N6O6S/c1-4-13-46-32(42)40-29-9-12-39(47(43,44)25-16-23(33)15-24(34)17-25)19-27(29)30(37-40)36-31(41)26-8-7-22(18-38-10-5-6-11-38)14-28(26)35-21(2)20-45-3/h7-8,14-17,21,35H,4-6,9-13,18-20H2,1-3H3,(H,36,37,41). The molecule has 47 heavy (non-hydrogen) atoms. The molecule has 1 fully saturated rings. The van der Waals surface area contributed by atoms with Crippen molar-refractivity contribution >= 4 is 33.5 Å². The number of ether oxygens (including phenoxy) is 2. The van der Waals surface area contributed by atoms with Crippen LogP contribution >= 0.6 is 0 Å². The van der Waals surface area contributed by atoms with E-state index >= 15 is 0 Å². The quantitative estimate of drug-likeness (QED) is 0.283. The highest BCUT2D eigenvalue weighted by molar-refractivity contribution is 7.89. The van der Waals surface area contributed by atoms with Crippen molar-refractivity contribution in [3.8, 4) is 0 Å². The van der Waals surface area contributed by atoms with Gasteiger partial charge >= 0.3 is 6.09 Å². The second kappa shape index (κ2) is 14.9. The van der Waals surface area contributed by atoms with Gasteiger partial charge < -0.3 is 20.1 Å². The minimum atomic E-state index is -4.35. The van der Waals surface area contributed by atoms with E-state index in [4.69, 9.17) is 9.47 Å². The molecule has 1 saturated heterocycles. The van der Waals surface area contributed by atoms with Crippen molar-refractivity contribution in [2.45, 2.75) is 63.6 Å². The fourth-order valence-corrected chi connectivity index (χ4v) is 7.32. The van der Waals surface area contributed by atoms with Crippen molar-refractivity contribution in [2.24, 2.45) is 0 Å². The molecule has 1 atom stereocenters. The second-order valence-electron chi connectivity index (χ2n) is 11.8. The number of rotatable bonds is 12. The minimum absolute atomic E-state index is 0.0270. The Balaban J connectivity index is 1.47. The van der Waals surface area contributed by atoms with Gasteiger partial charge in [-0.25, -0.2) is 22.0 Å². The molecule has 2 aliphatic heterocycles. The monoisotopic (exact) mass is 674 g/mol. The molecule has 2 aliphatic rings. The molecular weight excluding hydrogens is 634 g/mol. The van der Waals surface area contributed by atoms with Crippen LogP contribution in [-0.2, 0) is 39.0 Å². The van der Waals surface area contributed by atoms with Crippen LogP contribution in [0.5, 0.6) is 0 Å². The predicted molar refractivity (Wildman–Crippen MR) is 171 cm³/mol. The van der Waals surface area contributed by atoms with Crippen LogP contribution in [0.25, 0.3) is 0 Å². The maximum absolute atomic E-state index is 14.0. The van der Waals surface area contributed by atoms with Gasteiger partial charge in [0, 0.05) is 56.5 Å². The number of hydrogen-bond acceptors (Lipinski definition) is 9. The Labute approximate surface area is 273 Å². The zero-order valence-electron chi connectivity index (χ0n) is 26.7. The molecule has 254 valence electrons. The molecule has 0 radical (unpaired) electrons. The Morgan fingerprint density at radius 2 is 1.79 bits per heavy atom. The van der Waals surface area contributed by atoms with Gasteiger partial charge in [-0.15, -0.1) is 5.10 Å². The second-order valence-corrected chi connectivity index (χ2v) is 13.7. The third kappa shape index (κ3) is 7.97. The summed E-state index contributed by atoms with van der Waals surface area (Å²) in [6.07, 6.45) is 2.13. The SMILES string of the molecule is CCCOC(=O)n1nc(NC(=O)c2ccc(CN3CCCC3)cc2NC(C)COC)c2c1CCN(S(=O)(=O)c1cc(F)cc(F)c1)C2. The first kappa shape index (κ1) is 34.4. The maximum atomic E-state index is 14.0. The van der Waals surface area contributed by atoms with Gasteiger partial charge in [-0.3, -0.25) is 9.69 Å². The Morgan fingerprint density at radius 1 is 1.06 bits per heavy atom. The van der Waals surface area contributed by atoms with Gasteiger partial charge in [-0.05, 0) is 69.1 Å². The van der Waals surface area contributed by atoms with Gasteiger partial charge in [-0.2, -0.15) is 8.99 Å². The van der Waals surface area contributed by atoms with E-state index in [1.54, 1.807) is 13.2 Å². The van der Waals surface area contributed by atoms with Gasteiger partial charge in [0.2, 0.25) is 10.0 Å². The number of benzene rings is 2. The van der Waals surface area contributed by atoms with E-state index in [0.717, 1.165) is 59.2 Å². The molecule has 2 N–H and O–H groups in total. The number of anilines is 2. The lowest BCUT2D eigenvalue weighted by Gasteiger charge is -2.27. The summed E-state index contributed by atoms with van der Waals surface area (Å²) in [5.74, 6) is -2.63. The van der Waals surface area contributed by atoms with Crippen molar-refractivity contribution < 1.29 is 36.3 Å². The summed E-state index contributed by atoms with van der Waals surface area (Å²) in [6.45, 7) is 6.67. The number of sulfonamides is 1. The number of nitrogens with zero attached hydrogens (tertiary/aromatic N) is 4. The number of likely N-dealkylation sites (tertiary alicyclic amines) is 1. The van der Waals surface area contributed by atoms with Gasteiger partial charge in [0.05, 0.1) is 29.4 Å². The van der Waals surface area contributed by atoms with Crippen molar-refractivity contribution in [1.82, 2.24) is 19.0 Å². The molecule has 12 nitrogen and oxygen atoms in total. The van der Waals surface area contributed by atoms with Crippen LogP contribution in [0, 0.1) is 11.6 Å². The average Bonchev–Trinajstić information content (AvgIpc) is 3.67. The van der Waals surface area contributed by atoms with Crippen LogP contribution < -0.4 is 10.6 Å². The Bertz CT molecular complexity index is 1710. The molecule has 0 saturated carbocycles. The number of fused-ring (bicyclic) bond motifs is 1. The number of carbonyl (C=O) groups is 2. The summed E-state index contributed by atoms with van der Waals surface area (Å²) in [6, 6.07) is 7.50. The number of carbonyl (C=O) groups excluding carboxylic acids is 2. The normalized spacial score (nSPS) is 16.1. The highest BCUT2D eigenvalue weighted by Crippen LogP contribution is 2.32. The van der Waals surface area contributed by atoms with E-state index in [9.17, 15) is 26.8 Å². The summed E-state index contributed by atoms with van der Waals surface area (Å²) in [4.78, 5) is 28.6. The molecule has 0 aliphatic carbocycles. The molecule has 3 heterocycles. The molecule has 3 aromatic rings. The van der Waals surface area contributed by atoms with Crippen LogP contribution in [0.2, 0.25) is 0 Å². The van der Waals surface area contributed by atoms with E-state index in [1.807, 2.05) is 26.0 Å². The Morgan fingerprint density at radius 3 is 2.47 bits per heavy atom. The summed E-state index contributed by atoms with van der Waals surface area (Å²) in [5, 5.41) is 10.5. The molecule has 0 bridgehead atoms. The predicted octanol–water partition coefficient (Wildman–Crippen LogP) is 4.60. The summed E-state index contributed by atoms with van der Waals surface area (Å²) in [7, 11) is -2.76. The number of amides is 1. The Kier molecular flexibility index (Phi) is 10.9. The first-order chi connectivity index (χ1) is 22.5. The largest absolute Gasteiger partial charge is 0.448 e. The van der Waals surface area contributed by atoms with Gasteiger partial charge in [0.15, 0.2) is 5.82 Å². The molecular formula is C32H40F2N6O6S. The third-order valence-corrected chi connectivity index (χ3v) is 9.91. The zero-order valence-corrected chi connectivity index (χ0v) is 27.5. The number of hydrogen-bond donors (Lipinski definition) is 2. The van der Waals surface area contributed by atoms with Crippen molar-refractivity contribution in [3.05, 3.63) is 70.4 Å². The molecule has 1 unspecified atom stereocenters. The highest BCUT2D eigenvalue weighted by atomic mass is 32.2. The van der Waals surface area contributed by atoms with Crippen molar-refractivity contribution in [1.29, 1.82) is 0 Å². The van der Waals surface area contributed by atoms with Crippen molar-refractivity contribution in [2.75, 3.05) is 50.6 Å². The topological polar surface area (TPSA) is 135 Å². The first-order valence-electron chi connectivity index (χ1n) is 15.7. The number of methoxy groups -OCH3 is 1. The molecule has 1 aromatic heterocycles. The zero-order chi connectivity index (χ0) is 33.7. The minimum Gasteiger partial charge on any atom is -0.448 e. The number of aromatic nitrogens is 2. The van der Waals surface area contributed by atoms with Gasteiger partial charge in [0.25, 0.3) is 5.91 Å². The number of halogens is 2. The van der Waals surface area contributed by atoms with E-state index in [1.165, 1.54) is 0 Å². The summed E-state index contributed by atoms with van der Waals surface area (Å²) >= 11 is 0. The molecule has 5 rings (SSSR count). The maximum Gasteiger partial charge on any atom is 0.435 e.